The van der Waals surface area contributed by atoms with Crippen molar-refractivity contribution in [2.24, 2.45) is 5.92 Å². The molecule has 3 rings (SSSR count). The van der Waals surface area contributed by atoms with Gasteiger partial charge in [0.1, 0.15) is 6.54 Å². The van der Waals surface area contributed by atoms with Gasteiger partial charge in [-0.2, -0.15) is 0 Å². The number of nitrogens with one attached hydrogen (secondary N) is 2. The summed E-state index contributed by atoms with van der Waals surface area (Å²) in [5.74, 6) is 2.05. The number of rotatable bonds is 3. The Morgan fingerprint density at radius 1 is 1.22 bits per heavy atom. The van der Waals surface area contributed by atoms with Gasteiger partial charge in [0, 0.05) is 29.9 Å². The fraction of sp³-hybridized carbons (Fsp3) is 0.611. The maximum atomic E-state index is 12.3. The van der Waals surface area contributed by atoms with Crippen molar-refractivity contribution < 1.29 is 19.2 Å². The van der Waals surface area contributed by atoms with E-state index in [-0.39, 0.29) is 17.4 Å². The number of quaternary nitrogens is 1. The molecule has 1 aromatic rings. The van der Waals surface area contributed by atoms with Crippen LogP contribution in [-0.4, -0.2) is 31.3 Å². The SMILES string of the molecule is CC(C)(C)NC(=O)C1CC[NH+](Cc2ccc3c(c2)OCO3)CC1. The summed E-state index contributed by atoms with van der Waals surface area (Å²) in [5.41, 5.74) is 1.12. The molecule has 0 unspecified atom stereocenters. The number of fused-ring (bicyclic) bond motifs is 1. The van der Waals surface area contributed by atoms with Crippen molar-refractivity contribution in [1.29, 1.82) is 0 Å². The molecular formula is C18H27N2O3+. The van der Waals surface area contributed by atoms with Gasteiger partial charge in [0.05, 0.1) is 13.1 Å². The van der Waals surface area contributed by atoms with E-state index in [0.717, 1.165) is 44.0 Å². The normalized spacial score (nSPS) is 23.6. The molecule has 1 fully saturated rings. The average molecular weight is 319 g/mol. The second kappa shape index (κ2) is 6.40. The largest absolute Gasteiger partial charge is 0.454 e. The molecule has 126 valence electrons. The molecule has 0 aliphatic carbocycles. The topological polar surface area (TPSA) is 52.0 Å². The highest BCUT2D eigenvalue weighted by atomic mass is 16.7. The molecule has 1 aromatic carbocycles. The molecule has 2 aliphatic heterocycles. The van der Waals surface area contributed by atoms with Gasteiger partial charge in [-0.1, -0.05) is 0 Å². The van der Waals surface area contributed by atoms with Crippen molar-refractivity contribution in [1.82, 2.24) is 5.32 Å². The first-order valence-corrected chi connectivity index (χ1v) is 8.45. The van der Waals surface area contributed by atoms with Gasteiger partial charge in [-0.25, -0.2) is 0 Å². The summed E-state index contributed by atoms with van der Waals surface area (Å²) < 4.78 is 10.8. The summed E-state index contributed by atoms with van der Waals surface area (Å²) in [6.07, 6.45) is 1.92. The van der Waals surface area contributed by atoms with Crippen molar-refractivity contribution in [3.63, 3.8) is 0 Å². The minimum atomic E-state index is -0.145. The van der Waals surface area contributed by atoms with E-state index in [0.29, 0.717) is 6.79 Å². The second-order valence-electron chi connectivity index (χ2n) is 7.63. The zero-order valence-corrected chi connectivity index (χ0v) is 14.3. The van der Waals surface area contributed by atoms with Crippen molar-refractivity contribution in [2.75, 3.05) is 19.9 Å². The van der Waals surface area contributed by atoms with E-state index in [4.69, 9.17) is 9.47 Å². The number of ether oxygens (including phenoxy) is 2. The minimum Gasteiger partial charge on any atom is -0.454 e. The molecule has 2 aliphatic rings. The zero-order valence-electron chi connectivity index (χ0n) is 14.3. The zero-order chi connectivity index (χ0) is 16.4. The third-order valence-electron chi connectivity index (χ3n) is 4.45. The molecule has 0 spiro atoms. The van der Waals surface area contributed by atoms with Crippen LogP contribution in [0.3, 0.4) is 0 Å². The first kappa shape index (κ1) is 16.1. The van der Waals surface area contributed by atoms with Gasteiger partial charge in [-0.3, -0.25) is 4.79 Å². The molecule has 5 heteroatoms. The average Bonchev–Trinajstić information content (AvgIpc) is 2.94. The monoisotopic (exact) mass is 319 g/mol. The summed E-state index contributed by atoms with van der Waals surface area (Å²) in [6.45, 7) is 9.47. The van der Waals surface area contributed by atoms with Gasteiger partial charge in [-0.15, -0.1) is 0 Å². The highest BCUT2D eigenvalue weighted by molar-refractivity contribution is 5.79. The van der Waals surface area contributed by atoms with E-state index in [1.165, 1.54) is 10.5 Å². The minimum absolute atomic E-state index is 0.145. The lowest BCUT2D eigenvalue weighted by molar-refractivity contribution is -0.919. The maximum absolute atomic E-state index is 12.3. The number of carbonyl (C=O) groups excluding carboxylic acids is 1. The molecular weight excluding hydrogens is 292 g/mol. The molecule has 0 aromatic heterocycles. The fourth-order valence-corrected chi connectivity index (χ4v) is 3.28. The standard InChI is InChI=1S/C18H26N2O3/c1-18(2,3)19-17(21)14-6-8-20(9-7-14)11-13-4-5-15-16(10-13)23-12-22-15/h4-5,10,14H,6-9,11-12H2,1-3H3,(H,19,21)/p+1. The Hall–Kier alpha value is -1.75. The summed E-state index contributed by atoms with van der Waals surface area (Å²) >= 11 is 0. The van der Waals surface area contributed by atoms with Crippen molar-refractivity contribution in [3.8, 4) is 11.5 Å². The number of carbonyl (C=O) groups is 1. The lowest BCUT2D eigenvalue weighted by Crippen LogP contribution is -3.11. The number of amides is 1. The summed E-state index contributed by atoms with van der Waals surface area (Å²) in [4.78, 5) is 13.8. The van der Waals surface area contributed by atoms with Crippen molar-refractivity contribution >= 4 is 5.91 Å². The Kier molecular flexibility index (Phi) is 4.48. The van der Waals surface area contributed by atoms with Gasteiger partial charge in [0.25, 0.3) is 0 Å². The smallest absolute Gasteiger partial charge is 0.231 e. The number of benzene rings is 1. The molecule has 0 bridgehead atoms. The number of hydrogen-bond donors (Lipinski definition) is 2. The second-order valence-corrected chi connectivity index (χ2v) is 7.63. The Bertz CT molecular complexity index is 572. The number of likely N-dealkylation sites (tertiary alicyclic amines) is 1. The van der Waals surface area contributed by atoms with E-state index in [2.05, 4.69) is 17.4 Å². The highest BCUT2D eigenvalue weighted by Gasteiger charge is 2.29. The van der Waals surface area contributed by atoms with Gasteiger partial charge >= 0.3 is 0 Å². The molecule has 0 saturated carbocycles. The molecule has 23 heavy (non-hydrogen) atoms. The molecule has 0 atom stereocenters. The van der Waals surface area contributed by atoms with Crippen LogP contribution in [0.5, 0.6) is 11.5 Å². The van der Waals surface area contributed by atoms with E-state index in [1.807, 2.05) is 26.8 Å². The summed E-state index contributed by atoms with van der Waals surface area (Å²) in [5, 5.41) is 3.10. The first-order valence-electron chi connectivity index (χ1n) is 8.45. The van der Waals surface area contributed by atoms with Gasteiger partial charge < -0.3 is 19.7 Å². The van der Waals surface area contributed by atoms with Crippen LogP contribution in [0.15, 0.2) is 18.2 Å². The first-order chi connectivity index (χ1) is 10.9. The Balaban J connectivity index is 1.50. The summed E-state index contributed by atoms with van der Waals surface area (Å²) in [6, 6.07) is 6.17. The van der Waals surface area contributed by atoms with Gasteiger partial charge in [-0.05, 0) is 39.0 Å². The third-order valence-corrected chi connectivity index (χ3v) is 4.45. The van der Waals surface area contributed by atoms with Crippen LogP contribution in [0, 0.1) is 5.92 Å². The van der Waals surface area contributed by atoms with Crippen LogP contribution in [-0.2, 0) is 11.3 Å². The van der Waals surface area contributed by atoms with E-state index in [1.54, 1.807) is 0 Å². The van der Waals surface area contributed by atoms with E-state index >= 15 is 0 Å². The van der Waals surface area contributed by atoms with Gasteiger partial charge in [0.2, 0.25) is 12.7 Å². The van der Waals surface area contributed by atoms with E-state index < -0.39 is 0 Å². The van der Waals surface area contributed by atoms with Crippen molar-refractivity contribution in [3.05, 3.63) is 23.8 Å². The van der Waals surface area contributed by atoms with Gasteiger partial charge in [0.15, 0.2) is 11.5 Å². The molecule has 1 amide bonds. The Labute approximate surface area is 137 Å². The molecule has 0 radical (unpaired) electrons. The maximum Gasteiger partial charge on any atom is 0.231 e. The molecule has 1 saturated heterocycles. The van der Waals surface area contributed by atoms with Crippen LogP contribution >= 0.6 is 0 Å². The fourth-order valence-electron chi connectivity index (χ4n) is 3.28. The van der Waals surface area contributed by atoms with E-state index in [9.17, 15) is 4.79 Å². The number of hydrogen-bond acceptors (Lipinski definition) is 3. The predicted molar refractivity (Wildman–Crippen MR) is 87.6 cm³/mol. The predicted octanol–water partition coefficient (Wildman–Crippen LogP) is 1.12. The lowest BCUT2D eigenvalue weighted by Gasteiger charge is -2.31. The Morgan fingerprint density at radius 3 is 2.61 bits per heavy atom. The van der Waals surface area contributed by atoms with Crippen LogP contribution in [0.1, 0.15) is 39.2 Å². The highest BCUT2D eigenvalue weighted by Crippen LogP contribution is 2.32. The summed E-state index contributed by atoms with van der Waals surface area (Å²) in [7, 11) is 0. The van der Waals surface area contributed by atoms with Crippen LogP contribution in [0.2, 0.25) is 0 Å². The molecule has 2 heterocycles. The number of piperidine rings is 1. The van der Waals surface area contributed by atoms with Crippen LogP contribution in [0.4, 0.5) is 0 Å². The quantitative estimate of drug-likeness (QED) is 0.878. The third kappa shape index (κ3) is 4.16. The lowest BCUT2D eigenvalue weighted by atomic mass is 9.94. The van der Waals surface area contributed by atoms with Crippen LogP contribution < -0.4 is 19.7 Å². The van der Waals surface area contributed by atoms with Crippen LogP contribution in [0.25, 0.3) is 0 Å². The van der Waals surface area contributed by atoms with Crippen molar-refractivity contribution in [2.45, 2.75) is 45.7 Å². The molecule has 5 nitrogen and oxygen atoms in total. The Morgan fingerprint density at radius 2 is 1.91 bits per heavy atom. The molecule has 2 N–H and O–H groups in total.